The van der Waals surface area contributed by atoms with Crippen molar-refractivity contribution in [2.24, 2.45) is 5.92 Å². The molecular formula is C14H17F3N2O. The summed E-state index contributed by atoms with van der Waals surface area (Å²) in [6.45, 7) is 0.216. The first-order chi connectivity index (χ1) is 9.44. The van der Waals surface area contributed by atoms with E-state index >= 15 is 0 Å². The fourth-order valence-electron chi connectivity index (χ4n) is 2.12. The van der Waals surface area contributed by atoms with Crippen LogP contribution in [-0.4, -0.2) is 36.6 Å². The number of carbonyl (C=O) groups is 1. The largest absolute Gasteiger partial charge is 0.406 e. The van der Waals surface area contributed by atoms with Gasteiger partial charge in [0.05, 0.1) is 0 Å². The van der Waals surface area contributed by atoms with E-state index in [-0.39, 0.29) is 18.9 Å². The van der Waals surface area contributed by atoms with Crippen LogP contribution < -0.4 is 5.32 Å². The summed E-state index contributed by atoms with van der Waals surface area (Å²) < 4.78 is 37.8. The minimum absolute atomic E-state index is 0.000663. The molecule has 0 aliphatic carbocycles. The van der Waals surface area contributed by atoms with E-state index < -0.39 is 18.6 Å². The summed E-state index contributed by atoms with van der Waals surface area (Å²) in [7, 11) is 0. The van der Waals surface area contributed by atoms with Gasteiger partial charge in [0, 0.05) is 13.0 Å². The van der Waals surface area contributed by atoms with Gasteiger partial charge in [-0.05, 0) is 24.6 Å². The van der Waals surface area contributed by atoms with Crippen LogP contribution in [0.3, 0.4) is 0 Å². The van der Waals surface area contributed by atoms with Crippen molar-refractivity contribution in [1.29, 1.82) is 0 Å². The quantitative estimate of drug-likeness (QED) is 0.900. The minimum atomic E-state index is -4.37. The molecule has 0 radical (unpaired) electrons. The number of benzene rings is 1. The fourth-order valence-corrected chi connectivity index (χ4v) is 2.12. The molecule has 0 bridgehead atoms. The molecule has 0 aromatic heterocycles. The van der Waals surface area contributed by atoms with Crippen molar-refractivity contribution in [1.82, 2.24) is 10.2 Å². The molecule has 1 fully saturated rings. The first kappa shape index (κ1) is 14.8. The Kier molecular flexibility index (Phi) is 4.65. The molecule has 0 atom stereocenters. The van der Waals surface area contributed by atoms with E-state index in [1.165, 1.54) is 0 Å². The molecular weight excluding hydrogens is 269 g/mol. The summed E-state index contributed by atoms with van der Waals surface area (Å²) in [5, 5.41) is 3.01. The van der Waals surface area contributed by atoms with Gasteiger partial charge in [0.25, 0.3) is 0 Å². The first-order valence-corrected chi connectivity index (χ1v) is 6.53. The Bertz CT molecular complexity index is 443. The van der Waals surface area contributed by atoms with Crippen LogP contribution in [0.4, 0.5) is 13.2 Å². The second-order valence-corrected chi connectivity index (χ2v) is 5.08. The van der Waals surface area contributed by atoms with E-state index in [2.05, 4.69) is 5.32 Å². The Morgan fingerprint density at radius 1 is 1.25 bits per heavy atom. The monoisotopic (exact) mass is 286 g/mol. The molecule has 2 rings (SSSR count). The van der Waals surface area contributed by atoms with Crippen molar-refractivity contribution in [3.63, 3.8) is 0 Å². The molecule has 1 aliphatic heterocycles. The minimum Gasteiger partial charge on any atom is -0.329 e. The summed E-state index contributed by atoms with van der Waals surface area (Å²) >= 11 is 0. The highest BCUT2D eigenvalue weighted by Crippen LogP contribution is 2.20. The van der Waals surface area contributed by atoms with Crippen LogP contribution in [0, 0.1) is 5.92 Å². The number of nitrogens with zero attached hydrogens (tertiary/aromatic N) is 1. The first-order valence-electron chi connectivity index (χ1n) is 6.53. The molecule has 0 saturated carbocycles. The highest BCUT2D eigenvalue weighted by Gasteiger charge is 2.34. The number of carbonyl (C=O) groups excluding carboxylic acids is 1. The number of amides is 1. The molecule has 6 heteroatoms. The van der Waals surface area contributed by atoms with Crippen LogP contribution in [0.2, 0.25) is 0 Å². The fraction of sp³-hybridized carbons (Fsp3) is 0.500. The van der Waals surface area contributed by atoms with Crippen molar-refractivity contribution in [3.05, 3.63) is 35.9 Å². The summed E-state index contributed by atoms with van der Waals surface area (Å²) in [6.07, 6.45) is -4.20. The lowest BCUT2D eigenvalue weighted by molar-refractivity contribution is -0.163. The highest BCUT2D eigenvalue weighted by molar-refractivity contribution is 5.76. The zero-order valence-electron chi connectivity index (χ0n) is 11.0. The van der Waals surface area contributed by atoms with Crippen LogP contribution in [0.1, 0.15) is 12.0 Å². The third-order valence-corrected chi connectivity index (χ3v) is 3.27. The zero-order valence-corrected chi connectivity index (χ0v) is 11.0. The molecule has 1 N–H and O–H groups in total. The molecule has 1 aromatic carbocycles. The van der Waals surface area contributed by atoms with Crippen LogP contribution >= 0.6 is 0 Å². The van der Waals surface area contributed by atoms with Crippen LogP contribution in [0.15, 0.2) is 30.3 Å². The molecule has 1 aliphatic rings. The Labute approximate surface area is 115 Å². The second-order valence-electron chi connectivity index (χ2n) is 5.08. The van der Waals surface area contributed by atoms with Crippen molar-refractivity contribution >= 4 is 5.91 Å². The second kappa shape index (κ2) is 6.26. The smallest absolute Gasteiger partial charge is 0.329 e. The van der Waals surface area contributed by atoms with Crippen molar-refractivity contribution in [2.75, 3.05) is 19.6 Å². The number of halogens is 3. The zero-order chi connectivity index (χ0) is 14.6. The third kappa shape index (κ3) is 4.52. The molecule has 1 aromatic rings. The Hall–Kier alpha value is -1.56. The Morgan fingerprint density at radius 2 is 1.90 bits per heavy atom. The van der Waals surface area contributed by atoms with E-state index in [0.29, 0.717) is 18.7 Å². The van der Waals surface area contributed by atoms with Gasteiger partial charge in [0.15, 0.2) is 0 Å². The van der Waals surface area contributed by atoms with Gasteiger partial charge < -0.3 is 10.2 Å². The normalized spacial score (nSPS) is 15.8. The molecule has 1 amide bonds. The number of hydrogen-bond acceptors (Lipinski definition) is 2. The van der Waals surface area contributed by atoms with E-state index in [1.807, 2.05) is 0 Å². The Morgan fingerprint density at radius 3 is 2.40 bits per heavy atom. The third-order valence-electron chi connectivity index (χ3n) is 3.27. The number of alkyl halides is 3. The highest BCUT2D eigenvalue weighted by atomic mass is 19.4. The number of rotatable bonds is 5. The topological polar surface area (TPSA) is 32.3 Å². The van der Waals surface area contributed by atoms with Crippen molar-refractivity contribution in [3.8, 4) is 0 Å². The lowest BCUT2D eigenvalue weighted by Crippen LogP contribution is -2.46. The van der Waals surface area contributed by atoms with E-state index in [1.54, 1.807) is 30.3 Å². The van der Waals surface area contributed by atoms with Gasteiger partial charge in [-0.1, -0.05) is 30.3 Å². The van der Waals surface area contributed by atoms with Crippen LogP contribution in [-0.2, 0) is 11.3 Å². The standard InChI is InChI=1S/C14H17F3N2O/c15-14(16,17)10-19(9-11-4-2-1-3-5-11)13(20)6-12-7-18-8-12/h1-5,12,18H,6-10H2. The predicted octanol–water partition coefficient (Wildman–Crippen LogP) is 2.19. The van der Waals surface area contributed by atoms with Crippen molar-refractivity contribution in [2.45, 2.75) is 19.1 Å². The molecule has 1 saturated heterocycles. The maximum absolute atomic E-state index is 12.6. The summed E-state index contributed by atoms with van der Waals surface area (Å²) in [5.41, 5.74) is 0.705. The lowest BCUT2D eigenvalue weighted by Gasteiger charge is -2.30. The molecule has 1 heterocycles. The maximum Gasteiger partial charge on any atom is 0.406 e. The van der Waals surface area contributed by atoms with Crippen molar-refractivity contribution < 1.29 is 18.0 Å². The summed E-state index contributed by atoms with van der Waals surface area (Å²) in [5.74, 6) is -0.272. The molecule has 0 unspecified atom stereocenters. The molecule has 3 nitrogen and oxygen atoms in total. The number of nitrogens with one attached hydrogen (secondary N) is 1. The van der Waals surface area contributed by atoms with Gasteiger partial charge in [-0.2, -0.15) is 13.2 Å². The average molecular weight is 286 g/mol. The molecule has 20 heavy (non-hydrogen) atoms. The van der Waals surface area contributed by atoms with Gasteiger partial charge in [0.1, 0.15) is 6.54 Å². The van der Waals surface area contributed by atoms with Gasteiger partial charge in [0.2, 0.25) is 5.91 Å². The van der Waals surface area contributed by atoms with E-state index in [9.17, 15) is 18.0 Å². The lowest BCUT2D eigenvalue weighted by atomic mass is 9.98. The maximum atomic E-state index is 12.6. The van der Waals surface area contributed by atoms with E-state index in [0.717, 1.165) is 4.90 Å². The molecule has 0 spiro atoms. The van der Waals surface area contributed by atoms with E-state index in [4.69, 9.17) is 0 Å². The van der Waals surface area contributed by atoms with Crippen LogP contribution in [0.25, 0.3) is 0 Å². The van der Waals surface area contributed by atoms with Gasteiger partial charge in [-0.15, -0.1) is 0 Å². The summed E-state index contributed by atoms with van der Waals surface area (Å²) in [6, 6.07) is 8.74. The summed E-state index contributed by atoms with van der Waals surface area (Å²) in [4.78, 5) is 12.9. The average Bonchev–Trinajstić information content (AvgIpc) is 2.32. The van der Waals surface area contributed by atoms with Gasteiger partial charge >= 0.3 is 6.18 Å². The SMILES string of the molecule is O=C(CC1CNC1)N(Cc1ccccc1)CC(F)(F)F. The number of hydrogen-bond donors (Lipinski definition) is 1. The Balaban J connectivity index is 2.01. The predicted molar refractivity (Wildman–Crippen MR) is 68.9 cm³/mol. The van der Waals surface area contributed by atoms with Crippen LogP contribution in [0.5, 0.6) is 0 Å². The van der Waals surface area contributed by atoms with Gasteiger partial charge in [-0.25, -0.2) is 0 Å². The van der Waals surface area contributed by atoms with Gasteiger partial charge in [-0.3, -0.25) is 4.79 Å². The molecule has 110 valence electrons.